The normalized spacial score (nSPS) is 19.0. The van der Waals surface area contributed by atoms with Crippen LogP contribution in [0.3, 0.4) is 0 Å². The Morgan fingerprint density at radius 1 is 1.55 bits per heavy atom. The highest BCUT2D eigenvalue weighted by Crippen LogP contribution is 2.00. The molecule has 0 aromatic carbocycles. The highest BCUT2D eigenvalue weighted by atomic mass is 19.1. The van der Waals surface area contributed by atoms with E-state index in [1.165, 1.54) is 0 Å². The monoisotopic (exact) mass is 166 g/mol. The minimum absolute atomic E-state index is 0.0294. The molecule has 0 aliphatic heterocycles. The smallest absolute Gasteiger partial charge is 0.134 e. The topological polar surface area (TPSA) is 9.23 Å². The predicted octanol–water partition coefficient (Wildman–Crippen LogP) is 1.07. The Morgan fingerprint density at radius 3 is 2.36 bits per heavy atom. The maximum absolute atomic E-state index is 12.5. The highest BCUT2D eigenvalue weighted by molar-refractivity contribution is 4.52. The van der Waals surface area contributed by atoms with Gasteiger partial charge in [0.25, 0.3) is 0 Å². The van der Waals surface area contributed by atoms with E-state index in [4.69, 9.17) is 7.48 Å². The Hall–Kier alpha value is -0.150. The van der Waals surface area contributed by atoms with Gasteiger partial charge in [0.2, 0.25) is 0 Å². The van der Waals surface area contributed by atoms with Crippen LogP contribution in [0.5, 0.6) is 0 Å². The van der Waals surface area contributed by atoms with Gasteiger partial charge in [-0.1, -0.05) is 0 Å². The molecule has 0 bridgehead atoms. The number of ether oxygens (including phenoxy) is 1. The number of halogens is 1. The second kappa shape index (κ2) is 4.67. The standard InChI is InChI=1S/C8H19FNO/c1-5-11-8(6-9)7-10(2,3)4/h8H,5-7H2,1-4H3/q+1/i7D2. The van der Waals surface area contributed by atoms with Gasteiger partial charge < -0.3 is 9.22 Å². The van der Waals surface area contributed by atoms with Crippen LogP contribution in [0.4, 0.5) is 4.39 Å². The van der Waals surface area contributed by atoms with Gasteiger partial charge in [-0.3, -0.25) is 0 Å². The molecule has 0 saturated carbocycles. The van der Waals surface area contributed by atoms with Crippen LogP contribution in [0.1, 0.15) is 9.67 Å². The van der Waals surface area contributed by atoms with E-state index in [1.54, 1.807) is 28.1 Å². The van der Waals surface area contributed by atoms with Gasteiger partial charge in [-0.15, -0.1) is 0 Å². The third-order valence-corrected chi connectivity index (χ3v) is 1.04. The van der Waals surface area contributed by atoms with Crippen molar-refractivity contribution < 1.29 is 16.4 Å². The van der Waals surface area contributed by atoms with Crippen molar-refractivity contribution in [2.75, 3.05) is 40.9 Å². The minimum Gasteiger partial charge on any atom is -0.370 e. The number of alkyl halides is 1. The number of likely N-dealkylation sites (N-methyl/N-ethyl adjacent to an activating group) is 1. The molecule has 0 amide bonds. The fraction of sp³-hybridized carbons (Fsp3) is 1.00. The first-order valence-corrected chi connectivity index (χ1v) is 3.76. The molecule has 2 nitrogen and oxygen atoms in total. The number of hydrogen-bond donors (Lipinski definition) is 0. The predicted molar refractivity (Wildman–Crippen MR) is 44.3 cm³/mol. The van der Waals surface area contributed by atoms with Gasteiger partial charge in [0.05, 0.1) is 23.9 Å². The van der Waals surface area contributed by atoms with Crippen LogP contribution in [0.25, 0.3) is 0 Å². The first-order chi connectivity index (χ1) is 5.77. The Kier molecular flexibility index (Phi) is 3.18. The molecule has 0 aliphatic carbocycles. The minimum atomic E-state index is -1.70. The average molecular weight is 166 g/mol. The summed E-state index contributed by atoms with van der Waals surface area (Å²) in [5.41, 5.74) is 0. The molecule has 1 atom stereocenters. The van der Waals surface area contributed by atoms with E-state index in [9.17, 15) is 4.39 Å². The third kappa shape index (κ3) is 6.26. The van der Waals surface area contributed by atoms with Crippen LogP contribution in [0, 0.1) is 0 Å². The van der Waals surface area contributed by atoms with Crippen molar-refractivity contribution in [2.24, 2.45) is 0 Å². The fourth-order valence-corrected chi connectivity index (χ4v) is 0.749. The average Bonchev–Trinajstić information content (AvgIpc) is 1.97. The Bertz CT molecular complexity index is 159. The van der Waals surface area contributed by atoms with Crippen LogP contribution in [-0.2, 0) is 4.74 Å². The number of hydrogen-bond acceptors (Lipinski definition) is 1. The zero-order valence-electron chi connectivity index (χ0n) is 9.72. The summed E-state index contributed by atoms with van der Waals surface area (Å²) in [5, 5.41) is 0. The zero-order chi connectivity index (χ0) is 10.7. The van der Waals surface area contributed by atoms with E-state index in [1.807, 2.05) is 0 Å². The van der Waals surface area contributed by atoms with Crippen molar-refractivity contribution in [1.29, 1.82) is 0 Å². The van der Waals surface area contributed by atoms with Gasteiger partial charge in [0.15, 0.2) is 0 Å². The molecule has 0 rings (SSSR count). The molecule has 0 spiro atoms. The summed E-state index contributed by atoms with van der Waals surface area (Å²) in [6.45, 7) is -0.441. The first kappa shape index (κ1) is 7.50. The summed E-state index contributed by atoms with van der Waals surface area (Å²) in [4.78, 5) is 0. The molecule has 0 heterocycles. The number of rotatable bonds is 5. The highest BCUT2D eigenvalue weighted by Gasteiger charge is 2.17. The van der Waals surface area contributed by atoms with Gasteiger partial charge in [-0.05, 0) is 6.92 Å². The molecule has 68 valence electrons. The molecule has 0 N–H and O–H groups in total. The molecule has 0 fully saturated rings. The summed E-state index contributed by atoms with van der Waals surface area (Å²) < 4.78 is 33.0. The maximum atomic E-state index is 12.5. The Morgan fingerprint density at radius 2 is 2.09 bits per heavy atom. The Labute approximate surface area is 71.4 Å². The SMILES string of the molecule is [2H]C([2H])(C(CF)OCC)[N+](C)(C)C. The van der Waals surface area contributed by atoms with E-state index in [-0.39, 0.29) is 4.48 Å². The van der Waals surface area contributed by atoms with Crippen LogP contribution in [-0.4, -0.2) is 51.5 Å². The Balaban J connectivity index is 4.56. The summed E-state index contributed by atoms with van der Waals surface area (Å²) in [5.74, 6) is 0. The third-order valence-electron chi connectivity index (χ3n) is 1.04. The second-order valence-electron chi connectivity index (χ2n) is 3.24. The van der Waals surface area contributed by atoms with E-state index >= 15 is 0 Å². The van der Waals surface area contributed by atoms with E-state index in [0.29, 0.717) is 6.61 Å². The molecule has 0 aromatic heterocycles. The molecule has 0 aromatic rings. The van der Waals surface area contributed by atoms with Crippen molar-refractivity contribution in [3.63, 3.8) is 0 Å². The van der Waals surface area contributed by atoms with Crippen LogP contribution in [0.2, 0.25) is 0 Å². The molecular weight excluding hydrogens is 145 g/mol. The van der Waals surface area contributed by atoms with E-state index < -0.39 is 19.3 Å². The van der Waals surface area contributed by atoms with Gasteiger partial charge >= 0.3 is 0 Å². The summed E-state index contributed by atoms with van der Waals surface area (Å²) in [7, 11) is 5.05. The van der Waals surface area contributed by atoms with Gasteiger partial charge in [0, 0.05) is 6.61 Å². The van der Waals surface area contributed by atoms with Gasteiger partial charge in [-0.2, -0.15) is 0 Å². The maximum Gasteiger partial charge on any atom is 0.134 e. The van der Waals surface area contributed by atoms with E-state index in [0.717, 1.165) is 0 Å². The molecule has 0 aliphatic rings. The quantitative estimate of drug-likeness (QED) is 0.555. The van der Waals surface area contributed by atoms with Crippen molar-refractivity contribution >= 4 is 0 Å². The molecule has 3 heteroatoms. The lowest BCUT2D eigenvalue weighted by atomic mass is 10.3. The molecule has 1 unspecified atom stereocenters. The van der Waals surface area contributed by atoms with Crippen molar-refractivity contribution in [3.05, 3.63) is 0 Å². The second-order valence-corrected chi connectivity index (χ2v) is 3.24. The molecular formula is C8H19FNO+. The lowest BCUT2D eigenvalue weighted by Crippen LogP contribution is -2.43. The first-order valence-electron chi connectivity index (χ1n) is 4.76. The summed E-state index contributed by atoms with van der Waals surface area (Å²) in [6, 6.07) is 0. The summed E-state index contributed by atoms with van der Waals surface area (Å²) in [6.07, 6.45) is -0.988. The molecule has 0 saturated heterocycles. The van der Waals surface area contributed by atoms with Crippen molar-refractivity contribution in [2.45, 2.75) is 13.0 Å². The largest absolute Gasteiger partial charge is 0.370 e. The summed E-state index contributed by atoms with van der Waals surface area (Å²) >= 11 is 0. The van der Waals surface area contributed by atoms with Gasteiger partial charge in [0.1, 0.15) is 19.3 Å². The lowest BCUT2D eigenvalue weighted by molar-refractivity contribution is -0.873. The van der Waals surface area contributed by atoms with Crippen LogP contribution >= 0.6 is 0 Å². The van der Waals surface area contributed by atoms with Crippen LogP contribution < -0.4 is 0 Å². The fourth-order valence-electron chi connectivity index (χ4n) is 0.749. The number of quaternary nitrogens is 1. The lowest BCUT2D eigenvalue weighted by Gasteiger charge is -2.27. The number of nitrogens with zero attached hydrogens (tertiary/aromatic N) is 1. The molecule has 11 heavy (non-hydrogen) atoms. The van der Waals surface area contributed by atoms with Crippen molar-refractivity contribution in [3.8, 4) is 0 Å². The van der Waals surface area contributed by atoms with Crippen molar-refractivity contribution in [1.82, 2.24) is 0 Å². The van der Waals surface area contributed by atoms with Crippen LogP contribution in [0.15, 0.2) is 0 Å². The zero-order valence-corrected chi connectivity index (χ0v) is 7.72. The van der Waals surface area contributed by atoms with Gasteiger partial charge in [-0.25, -0.2) is 4.39 Å². The molecule has 0 radical (unpaired) electrons. The van der Waals surface area contributed by atoms with E-state index in [2.05, 4.69) is 0 Å².